The van der Waals surface area contributed by atoms with E-state index in [2.05, 4.69) is 193 Å². The van der Waals surface area contributed by atoms with Gasteiger partial charge in [0.2, 0.25) is 0 Å². The lowest BCUT2D eigenvalue weighted by molar-refractivity contribution is 1.30. The number of anilines is 3. The number of hydrogen-bond acceptors (Lipinski definition) is 2. The topological polar surface area (TPSA) is 3.24 Å². The molecule has 0 bridgehead atoms. The maximum absolute atomic E-state index is 2.43. The van der Waals surface area contributed by atoms with Crippen molar-refractivity contribution in [3.63, 3.8) is 0 Å². The van der Waals surface area contributed by atoms with Crippen LogP contribution in [0.25, 0.3) is 64.3 Å². The van der Waals surface area contributed by atoms with Gasteiger partial charge in [0.05, 0.1) is 5.69 Å². The monoisotopic (exact) mass is 629 g/mol. The fourth-order valence-electron chi connectivity index (χ4n) is 6.89. The van der Waals surface area contributed by atoms with Gasteiger partial charge in [-0.15, -0.1) is 11.3 Å². The van der Waals surface area contributed by atoms with E-state index >= 15 is 0 Å². The van der Waals surface area contributed by atoms with Gasteiger partial charge in [0.1, 0.15) is 0 Å². The lowest BCUT2D eigenvalue weighted by Crippen LogP contribution is -2.10. The van der Waals surface area contributed by atoms with Crippen molar-refractivity contribution in [1.29, 1.82) is 0 Å². The molecular weight excluding hydrogens is 599 g/mol. The minimum absolute atomic E-state index is 1.12. The molecule has 1 aromatic heterocycles. The number of fused-ring (bicyclic) bond motifs is 5. The smallest absolute Gasteiger partial charge is 0.0554 e. The second-order valence-electron chi connectivity index (χ2n) is 12.2. The normalized spacial score (nSPS) is 11.3. The fourth-order valence-corrected chi connectivity index (χ4v) is 8.16. The Morgan fingerprint density at radius 1 is 0.354 bits per heavy atom. The SMILES string of the molecule is c1ccc(-c2ccc(-c3ccc(N(c4cccc(-c5ccccc5)c4)c4cccc5ccc6c7ccccc7sc6c45)cc3)cc2)cc1. The summed E-state index contributed by atoms with van der Waals surface area (Å²) in [5.41, 5.74) is 10.7. The molecule has 0 N–H and O–H groups in total. The third-order valence-electron chi connectivity index (χ3n) is 9.27. The Kier molecular flexibility index (Phi) is 7.07. The maximum atomic E-state index is 2.43. The van der Waals surface area contributed by atoms with Crippen molar-refractivity contribution in [1.82, 2.24) is 0 Å². The number of hydrogen-bond donors (Lipinski definition) is 0. The first-order valence-electron chi connectivity index (χ1n) is 16.3. The quantitative estimate of drug-likeness (QED) is 0.177. The number of benzene rings is 8. The molecule has 1 heterocycles. The molecule has 0 saturated heterocycles. The average Bonchev–Trinajstić information content (AvgIpc) is 3.55. The van der Waals surface area contributed by atoms with Gasteiger partial charge >= 0.3 is 0 Å². The standard InChI is InChI=1S/C46H31NS/c1-3-11-32(12-4-1)34-21-23-35(24-22-34)36-25-28-39(29-26-36)47(40-17-9-16-38(31-40)33-13-5-2-6-14-33)43-19-10-15-37-27-30-42-41-18-7-8-20-44(41)48-46(42)45(37)43/h1-31H. The van der Waals surface area contributed by atoms with Gasteiger partial charge in [-0.1, -0.05) is 152 Å². The van der Waals surface area contributed by atoms with E-state index in [-0.39, 0.29) is 0 Å². The number of thiophene rings is 1. The third-order valence-corrected chi connectivity index (χ3v) is 10.5. The van der Waals surface area contributed by atoms with Gasteiger partial charge in [0.25, 0.3) is 0 Å². The summed E-state index contributed by atoms with van der Waals surface area (Å²) in [6.07, 6.45) is 0. The highest BCUT2D eigenvalue weighted by atomic mass is 32.1. The van der Waals surface area contributed by atoms with Crippen molar-refractivity contribution in [2.45, 2.75) is 0 Å². The second kappa shape index (κ2) is 12.0. The fraction of sp³-hybridized carbons (Fsp3) is 0. The van der Waals surface area contributed by atoms with E-state index in [1.165, 1.54) is 70.0 Å². The second-order valence-corrected chi connectivity index (χ2v) is 13.2. The Morgan fingerprint density at radius 3 is 1.62 bits per heavy atom. The number of nitrogens with zero attached hydrogens (tertiary/aromatic N) is 1. The minimum atomic E-state index is 1.12. The highest BCUT2D eigenvalue weighted by molar-refractivity contribution is 7.26. The molecule has 0 radical (unpaired) electrons. The molecule has 0 unspecified atom stereocenters. The van der Waals surface area contributed by atoms with Crippen LogP contribution in [0.1, 0.15) is 0 Å². The van der Waals surface area contributed by atoms with Crippen molar-refractivity contribution >= 4 is 59.3 Å². The summed E-state index contributed by atoms with van der Waals surface area (Å²) in [7, 11) is 0. The van der Waals surface area contributed by atoms with Crippen LogP contribution >= 0.6 is 11.3 Å². The molecule has 226 valence electrons. The van der Waals surface area contributed by atoms with Crippen LogP contribution in [-0.4, -0.2) is 0 Å². The van der Waals surface area contributed by atoms with Gasteiger partial charge in [0, 0.05) is 36.9 Å². The molecule has 0 aliphatic rings. The maximum Gasteiger partial charge on any atom is 0.0554 e. The lowest BCUT2D eigenvalue weighted by atomic mass is 9.99. The molecule has 0 aliphatic heterocycles. The molecule has 0 atom stereocenters. The summed E-state index contributed by atoms with van der Waals surface area (Å²) >= 11 is 1.89. The summed E-state index contributed by atoms with van der Waals surface area (Å²) < 4.78 is 2.64. The van der Waals surface area contributed by atoms with Crippen molar-refractivity contribution in [2.24, 2.45) is 0 Å². The van der Waals surface area contributed by atoms with Crippen LogP contribution in [0.15, 0.2) is 188 Å². The molecule has 9 rings (SSSR count). The van der Waals surface area contributed by atoms with E-state index in [4.69, 9.17) is 0 Å². The summed E-state index contributed by atoms with van der Waals surface area (Å²) in [4.78, 5) is 2.43. The Labute approximate surface area is 284 Å². The van der Waals surface area contributed by atoms with E-state index in [0.717, 1.165) is 11.4 Å². The Hall–Kier alpha value is -5.96. The molecule has 2 heteroatoms. The van der Waals surface area contributed by atoms with Crippen molar-refractivity contribution in [3.8, 4) is 33.4 Å². The summed E-state index contributed by atoms with van der Waals surface area (Å²) in [6.45, 7) is 0. The van der Waals surface area contributed by atoms with Crippen molar-refractivity contribution in [3.05, 3.63) is 188 Å². The molecule has 9 aromatic rings. The molecule has 0 aliphatic carbocycles. The molecule has 0 amide bonds. The molecule has 0 fully saturated rings. The zero-order valence-electron chi connectivity index (χ0n) is 26.3. The van der Waals surface area contributed by atoms with Gasteiger partial charge in [-0.3, -0.25) is 0 Å². The largest absolute Gasteiger partial charge is 0.310 e. The summed E-state index contributed by atoms with van der Waals surface area (Å²) in [5, 5.41) is 5.14. The van der Waals surface area contributed by atoms with Crippen molar-refractivity contribution in [2.75, 3.05) is 4.90 Å². The first-order valence-corrected chi connectivity index (χ1v) is 17.2. The molecule has 48 heavy (non-hydrogen) atoms. The van der Waals surface area contributed by atoms with Crippen LogP contribution < -0.4 is 4.90 Å². The van der Waals surface area contributed by atoms with Crippen LogP contribution in [0.5, 0.6) is 0 Å². The van der Waals surface area contributed by atoms with E-state index < -0.39 is 0 Å². The van der Waals surface area contributed by atoms with Crippen LogP contribution in [0.3, 0.4) is 0 Å². The van der Waals surface area contributed by atoms with Gasteiger partial charge in [0.15, 0.2) is 0 Å². The number of rotatable bonds is 6. The predicted octanol–water partition coefficient (Wildman–Crippen LogP) is 13.7. The molecule has 0 spiro atoms. The summed E-state index contributed by atoms with van der Waals surface area (Å²) in [6, 6.07) is 68.1. The van der Waals surface area contributed by atoms with Crippen LogP contribution in [0.2, 0.25) is 0 Å². The molecule has 1 nitrogen and oxygen atoms in total. The molecular formula is C46H31NS. The minimum Gasteiger partial charge on any atom is -0.310 e. The Bertz CT molecular complexity index is 2530. The first kappa shape index (κ1) is 28.3. The molecule has 8 aromatic carbocycles. The highest BCUT2D eigenvalue weighted by Crippen LogP contribution is 2.46. The lowest BCUT2D eigenvalue weighted by Gasteiger charge is -2.28. The van der Waals surface area contributed by atoms with E-state index in [1.807, 2.05) is 11.3 Å². The van der Waals surface area contributed by atoms with Crippen LogP contribution in [0, 0.1) is 0 Å². The average molecular weight is 630 g/mol. The van der Waals surface area contributed by atoms with E-state index in [0.29, 0.717) is 0 Å². The van der Waals surface area contributed by atoms with E-state index in [1.54, 1.807) is 0 Å². The van der Waals surface area contributed by atoms with Crippen LogP contribution in [0.4, 0.5) is 17.1 Å². The molecule has 0 saturated carbocycles. The van der Waals surface area contributed by atoms with Crippen molar-refractivity contribution < 1.29 is 0 Å². The Balaban J connectivity index is 1.20. The highest BCUT2D eigenvalue weighted by Gasteiger charge is 2.19. The van der Waals surface area contributed by atoms with Crippen LogP contribution in [-0.2, 0) is 0 Å². The van der Waals surface area contributed by atoms with Gasteiger partial charge in [-0.25, -0.2) is 0 Å². The Morgan fingerprint density at radius 2 is 0.917 bits per heavy atom. The first-order chi connectivity index (χ1) is 23.8. The van der Waals surface area contributed by atoms with Gasteiger partial charge in [-0.2, -0.15) is 0 Å². The zero-order valence-corrected chi connectivity index (χ0v) is 27.1. The van der Waals surface area contributed by atoms with Gasteiger partial charge < -0.3 is 4.90 Å². The third kappa shape index (κ3) is 5.04. The predicted molar refractivity (Wildman–Crippen MR) is 208 cm³/mol. The van der Waals surface area contributed by atoms with Gasteiger partial charge in [-0.05, 0) is 75.2 Å². The zero-order chi connectivity index (χ0) is 31.9. The van der Waals surface area contributed by atoms with E-state index in [9.17, 15) is 0 Å². The summed E-state index contributed by atoms with van der Waals surface area (Å²) in [5.74, 6) is 0.